The van der Waals surface area contributed by atoms with Crippen LogP contribution in [0.4, 0.5) is 0 Å². The van der Waals surface area contributed by atoms with E-state index in [1.165, 1.54) is 77.0 Å². The van der Waals surface area contributed by atoms with Gasteiger partial charge in [0, 0.05) is 0 Å². The second-order valence-electron chi connectivity index (χ2n) is 8.63. The number of rotatable bonds is 14. The Labute approximate surface area is 142 Å². The second kappa shape index (κ2) is 12.2. The van der Waals surface area contributed by atoms with Gasteiger partial charge in [-0.1, -0.05) is 105 Å². The van der Waals surface area contributed by atoms with Crippen LogP contribution in [0.5, 0.6) is 0 Å². The van der Waals surface area contributed by atoms with Crippen LogP contribution in [0.3, 0.4) is 0 Å². The Morgan fingerprint density at radius 2 is 1.14 bits per heavy atom. The predicted molar refractivity (Wildman–Crippen MR) is 103 cm³/mol. The van der Waals surface area contributed by atoms with Crippen LogP contribution in [-0.2, 0) is 0 Å². The first-order valence-corrected chi connectivity index (χ1v) is 10.0. The minimum absolute atomic E-state index is 0.395. The molecular weight excluding hydrogens is 264 g/mol. The van der Waals surface area contributed by atoms with E-state index in [2.05, 4.69) is 53.7 Å². The van der Waals surface area contributed by atoms with Crippen LogP contribution in [0.2, 0.25) is 0 Å². The molecule has 0 amide bonds. The summed E-state index contributed by atoms with van der Waals surface area (Å²) >= 11 is 0. The molecule has 0 aliphatic rings. The number of allylic oxidation sites excluding steroid dienone is 2. The molecule has 0 spiro atoms. The maximum Gasteiger partial charge on any atom is -0.0177 e. The molecule has 0 fully saturated rings. The van der Waals surface area contributed by atoms with Gasteiger partial charge >= 0.3 is 0 Å². The van der Waals surface area contributed by atoms with E-state index in [4.69, 9.17) is 0 Å². The summed E-state index contributed by atoms with van der Waals surface area (Å²) in [6, 6.07) is 0. The molecule has 0 aliphatic carbocycles. The van der Waals surface area contributed by atoms with Crippen LogP contribution < -0.4 is 0 Å². The highest BCUT2D eigenvalue weighted by molar-refractivity contribution is 4.93. The van der Waals surface area contributed by atoms with Gasteiger partial charge in [0.25, 0.3) is 0 Å². The monoisotopic (exact) mass is 308 g/mol. The Balaban J connectivity index is 3.31. The Morgan fingerprint density at radius 1 is 0.636 bits per heavy atom. The van der Waals surface area contributed by atoms with Crippen LogP contribution >= 0.6 is 0 Å². The quantitative estimate of drug-likeness (QED) is 0.223. The zero-order valence-electron chi connectivity index (χ0n) is 16.6. The standard InChI is InChI=1S/C22H44/c1-7-21(3,4)19-17-15-13-11-9-10-12-14-16-18-20-22(5,6)8-2/h17,19H,7-16,18,20H2,1-6H3. The van der Waals surface area contributed by atoms with Gasteiger partial charge in [0.1, 0.15) is 0 Å². The van der Waals surface area contributed by atoms with Crippen LogP contribution in [-0.4, -0.2) is 0 Å². The molecule has 0 heteroatoms. The molecule has 0 aromatic carbocycles. The smallest absolute Gasteiger partial charge is 0.0177 e. The lowest BCUT2D eigenvalue weighted by Crippen LogP contribution is -2.08. The van der Waals surface area contributed by atoms with E-state index in [0.717, 1.165) is 0 Å². The summed E-state index contributed by atoms with van der Waals surface area (Å²) in [5, 5.41) is 0. The van der Waals surface area contributed by atoms with Gasteiger partial charge in [-0.2, -0.15) is 0 Å². The Hall–Kier alpha value is -0.260. The van der Waals surface area contributed by atoms with E-state index < -0.39 is 0 Å². The number of unbranched alkanes of at least 4 members (excludes halogenated alkanes) is 8. The lowest BCUT2D eigenvalue weighted by atomic mass is 9.84. The molecule has 0 nitrogen and oxygen atoms in total. The molecule has 0 aromatic rings. The molecule has 0 heterocycles. The third-order valence-corrected chi connectivity index (χ3v) is 5.41. The van der Waals surface area contributed by atoms with Crippen molar-refractivity contribution in [1.29, 1.82) is 0 Å². The van der Waals surface area contributed by atoms with Crippen molar-refractivity contribution in [3.05, 3.63) is 12.2 Å². The maximum absolute atomic E-state index is 2.41. The van der Waals surface area contributed by atoms with Gasteiger partial charge in [0.15, 0.2) is 0 Å². The van der Waals surface area contributed by atoms with Crippen molar-refractivity contribution in [1.82, 2.24) is 0 Å². The van der Waals surface area contributed by atoms with E-state index in [1.54, 1.807) is 0 Å². The summed E-state index contributed by atoms with van der Waals surface area (Å²) in [6.07, 6.45) is 21.5. The first kappa shape index (κ1) is 21.7. The SMILES string of the molecule is CCC(C)(C)C=CCCCCCCCCCCC(C)(C)CC. The van der Waals surface area contributed by atoms with Crippen LogP contribution in [0, 0.1) is 10.8 Å². The fourth-order valence-electron chi connectivity index (χ4n) is 2.62. The van der Waals surface area contributed by atoms with Gasteiger partial charge < -0.3 is 0 Å². The Bertz CT molecular complexity index is 270. The molecule has 22 heavy (non-hydrogen) atoms. The van der Waals surface area contributed by atoms with Crippen molar-refractivity contribution in [2.75, 3.05) is 0 Å². The van der Waals surface area contributed by atoms with Gasteiger partial charge in [0.2, 0.25) is 0 Å². The van der Waals surface area contributed by atoms with Crippen molar-refractivity contribution in [2.45, 2.75) is 119 Å². The van der Waals surface area contributed by atoms with Crippen molar-refractivity contribution in [3.8, 4) is 0 Å². The zero-order valence-corrected chi connectivity index (χ0v) is 16.6. The van der Waals surface area contributed by atoms with Gasteiger partial charge in [-0.15, -0.1) is 0 Å². The lowest BCUT2D eigenvalue weighted by Gasteiger charge is -2.22. The number of hydrogen-bond acceptors (Lipinski definition) is 0. The van der Waals surface area contributed by atoms with Gasteiger partial charge in [-0.05, 0) is 36.5 Å². The van der Waals surface area contributed by atoms with Crippen LogP contribution in [0.1, 0.15) is 119 Å². The number of hydrogen-bond donors (Lipinski definition) is 0. The first-order chi connectivity index (χ1) is 10.3. The van der Waals surface area contributed by atoms with Crippen LogP contribution in [0.25, 0.3) is 0 Å². The molecule has 0 aliphatic heterocycles. The van der Waals surface area contributed by atoms with E-state index >= 15 is 0 Å². The van der Waals surface area contributed by atoms with Crippen LogP contribution in [0.15, 0.2) is 12.2 Å². The largest absolute Gasteiger partial charge is 0.0880 e. The third kappa shape index (κ3) is 13.4. The molecule has 0 saturated carbocycles. The molecule has 0 unspecified atom stereocenters. The molecular formula is C22H44. The van der Waals surface area contributed by atoms with Crippen molar-refractivity contribution < 1.29 is 0 Å². The van der Waals surface area contributed by atoms with E-state index in [1.807, 2.05) is 0 Å². The topological polar surface area (TPSA) is 0 Å². The normalized spacial score (nSPS) is 13.2. The molecule has 132 valence electrons. The second-order valence-corrected chi connectivity index (χ2v) is 8.63. The van der Waals surface area contributed by atoms with Gasteiger partial charge in [-0.3, -0.25) is 0 Å². The van der Waals surface area contributed by atoms with Crippen molar-refractivity contribution in [2.24, 2.45) is 10.8 Å². The Kier molecular flexibility index (Phi) is 12.1. The lowest BCUT2D eigenvalue weighted by molar-refractivity contribution is 0.307. The first-order valence-electron chi connectivity index (χ1n) is 10.0. The molecule has 0 saturated heterocycles. The highest BCUT2D eigenvalue weighted by Crippen LogP contribution is 2.27. The minimum atomic E-state index is 0.395. The van der Waals surface area contributed by atoms with Crippen molar-refractivity contribution >= 4 is 0 Å². The highest BCUT2D eigenvalue weighted by Gasteiger charge is 2.13. The Morgan fingerprint density at radius 3 is 1.64 bits per heavy atom. The van der Waals surface area contributed by atoms with Crippen molar-refractivity contribution in [3.63, 3.8) is 0 Å². The average molecular weight is 309 g/mol. The molecule has 0 radical (unpaired) electrons. The molecule has 0 atom stereocenters. The molecule has 0 aromatic heterocycles. The maximum atomic E-state index is 2.41. The van der Waals surface area contributed by atoms with Gasteiger partial charge in [-0.25, -0.2) is 0 Å². The third-order valence-electron chi connectivity index (χ3n) is 5.41. The van der Waals surface area contributed by atoms with E-state index in [-0.39, 0.29) is 0 Å². The molecule has 0 rings (SSSR count). The minimum Gasteiger partial charge on any atom is -0.0880 e. The fourth-order valence-corrected chi connectivity index (χ4v) is 2.62. The summed E-state index contributed by atoms with van der Waals surface area (Å²) < 4.78 is 0. The molecule has 0 N–H and O–H groups in total. The van der Waals surface area contributed by atoms with E-state index in [0.29, 0.717) is 10.8 Å². The average Bonchev–Trinajstić information content (AvgIpc) is 2.48. The molecule has 0 bridgehead atoms. The summed E-state index contributed by atoms with van der Waals surface area (Å²) in [6.45, 7) is 14.1. The summed E-state index contributed by atoms with van der Waals surface area (Å²) in [5.74, 6) is 0. The summed E-state index contributed by atoms with van der Waals surface area (Å²) in [5.41, 5.74) is 0.964. The van der Waals surface area contributed by atoms with Gasteiger partial charge in [0.05, 0.1) is 0 Å². The fraction of sp³-hybridized carbons (Fsp3) is 0.909. The van der Waals surface area contributed by atoms with E-state index in [9.17, 15) is 0 Å². The predicted octanol–water partition coefficient (Wildman–Crippen LogP) is 8.32. The highest BCUT2D eigenvalue weighted by atomic mass is 14.2. The summed E-state index contributed by atoms with van der Waals surface area (Å²) in [7, 11) is 0. The zero-order chi connectivity index (χ0) is 16.9. The summed E-state index contributed by atoms with van der Waals surface area (Å²) in [4.78, 5) is 0.